The third-order valence-electron chi connectivity index (χ3n) is 5.11. The molecule has 0 unspecified atom stereocenters. The maximum atomic E-state index is 13.8. The number of hydrogen-bond acceptors (Lipinski definition) is 4. The number of hydrogen-bond donors (Lipinski definition) is 1. The molecule has 0 radical (unpaired) electrons. The van der Waals surface area contributed by atoms with Crippen LogP contribution >= 0.6 is 11.6 Å². The van der Waals surface area contributed by atoms with Gasteiger partial charge in [-0.05, 0) is 18.2 Å². The molecule has 0 bridgehead atoms. The van der Waals surface area contributed by atoms with Crippen LogP contribution in [0.15, 0.2) is 67.0 Å². The molecule has 0 aliphatic rings. The number of nitrogens with zero attached hydrogens (tertiary/aromatic N) is 4. The molecule has 0 fully saturated rings. The molecule has 4 rings (SSSR count). The molecule has 37 heavy (non-hydrogen) atoms. The van der Waals surface area contributed by atoms with Gasteiger partial charge in [-0.15, -0.1) is 5.10 Å². The van der Waals surface area contributed by atoms with Crippen LogP contribution in [0.1, 0.15) is 16.7 Å². The standard InChI is InChI=1S/C24H14ClF6N5O/c25-14-9-13(10-33-11-14)17(20(32)37)12-36-22(16-6-2-4-8-19(16)24(29,30)31)34-21(35-36)15-5-1-3-7-18(15)23(26,27)28/h1-12H,(H2,32,37). The topological polar surface area (TPSA) is 86.7 Å². The molecule has 2 aromatic carbocycles. The summed E-state index contributed by atoms with van der Waals surface area (Å²) in [5.74, 6) is -2.02. The van der Waals surface area contributed by atoms with Gasteiger partial charge in [0, 0.05) is 35.3 Å². The number of benzene rings is 2. The zero-order valence-electron chi connectivity index (χ0n) is 18.3. The van der Waals surface area contributed by atoms with E-state index in [9.17, 15) is 31.1 Å². The van der Waals surface area contributed by atoms with Gasteiger partial charge in [-0.2, -0.15) is 26.3 Å². The van der Waals surface area contributed by atoms with E-state index in [0.29, 0.717) is 0 Å². The minimum Gasteiger partial charge on any atom is -0.366 e. The van der Waals surface area contributed by atoms with Crippen LogP contribution in [-0.2, 0) is 17.1 Å². The summed E-state index contributed by atoms with van der Waals surface area (Å²) in [6.07, 6.45) is -6.17. The van der Waals surface area contributed by atoms with Crippen LogP contribution in [0.3, 0.4) is 0 Å². The van der Waals surface area contributed by atoms with Gasteiger partial charge in [0.15, 0.2) is 11.6 Å². The van der Waals surface area contributed by atoms with Gasteiger partial charge in [-0.25, -0.2) is 9.67 Å². The lowest BCUT2D eigenvalue weighted by atomic mass is 10.1. The van der Waals surface area contributed by atoms with Gasteiger partial charge in [0.25, 0.3) is 5.91 Å². The molecule has 0 atom stereocenters. The second-order valence-electron chi connectivity index (χ2n) is 7.59. The first-order chi connectivity index (χ1) is 17.4. The van der Waals surface area contributed by atoms with Crippen molar-refractivity contribution in [2.24, 2.45) is 5.73 Å². The monoisotopic (exact) mass is 537 g/mol. The fourth-order valence-electron chi connectivity index (χ4n) is 3.52. The van der Waals surface area contributed by atoms with Crippen molar-refractivity contribution in [3.8, 4) is 22.8 Å². The van der Waals surface area contributed by atoms with Crippen LogP contribution in [0.4, 0.5) is 26.3 Å². The van der Waals surface area contributed by atoms with Gasteiger partial charge in [0.1, 0.15) is 0 Å². The Morgan fingerprint density at radius 2 is 1.46 bits per heavy atom. The van der Waals surface area contributed by atoms with Crippen molar-refractivity contribution >= 4 is 29.3 Å². The molecular weight excluding hydrogens is 524 g/mol. The van der Waals surface area contributed by atoms with E-state index in [1.165, 1.54) is 30.6 Å². The van der Waals surface area contributed by atoms with E-state index in [4.69, 9.17) is 17.3 Å². The Hall–Kier alpha value is -4.19. The van der Waals surface area contributed by atoms with E-state index in [-0.39, 0.29) is 16.2 Å². The molecule has 1 amide bonds. The molecular formula is C24H14ClF6N5O. The quantitative estimate of drug-likeness (QED) is 0.243. The van der Waals surface area contributed by atoms with Crippen LogP contribution in [0, 0.1) is 0 Å². The molecule has 6 nitrogen and oxygen atoms in total. The maximum Gasteiger partial charge on any atom is 0.417 e. The first-order valence-electron chi connectivity index (χ1n) is 10.3. The highest BCUT2D eigenvalue weighted by molar-refractivity contribution is 6.31. The molecule has 2 heterocycles. The number of primary amides is 1. The Labute approximate surface area is 210 Å². The molecule has 0 aliphatic heterocycles. The molecule has 0 spiro atoms. The smallest absolute Gasteiger partial charge is 0.366 e. The lowest BCUT2D eigenvalue weighted by molar-refractivity contribution is -0.137. The summed E-state index contributed by atoms with van der Waals surface area (Å²) in [7, 11) is 0. The predicted octanol–water partition coefficient (Wildman–Crippen LogP) is 6.18. The Morgan fingerprint density at radius 3 is 2.03 bits per heavy atom. The van der Waals surface area contributed by atoms with Gasteiger partial charge in [-0.1, -0.05) is 48.0 Å². The van der Waals surface area contributed by atoms with E-state index in [1.807, 2.05) is 0 Å². The zero-order chi connectivity index (χ0) is 27.0. The summed E-state index contributed by atoms with van der Waals surface area (Å²) in [6, 6.07) is 9.98. The van der Waals surface area contributed by atoms with Gasteiger partial charge >= 0.3 is 12.4 Å². The lowest BCUT2D eigenvalue weighted by Crippen LogP contribution is -2.14. The summed E-state index contributed by atoms with van der Waals surface area (Å²) in [5.41, 5.74) is 2.14. The highest BCUT2D eigenvalue weighted by atomic mass is 35.5. The van der Waals surface area contributed by atoms with E-state index >= 15 is 0 Å². The number of carbonyl (C=O) groups is 1. The molecule has 2 aromatic heterocycles. The molecule has 0 saturated heterocycles. The number of rotatable bonds is 5. The molecule has 13 heteroatoms. The average Bonchev–Trinajstić information content (AvgIpc) is 3.25. The van der Waals surface area contributed by atoms with Crippen molar-refractivity contribution in [1.82, 2.24) is 19.7 Å². The third-order valence-corrected chi connectivity index (χ3v) is 5.32. The summed E-state index contributed by atoms with van der Waals surface area (Å²) >= 11 is 5.93. The first kappa shape index (κ1) is 25.9. The second kappa shape index (κ2) is 9.69. The van der Waals surface area contributed by atoms with Crippen molar-refractivity contribution < 1.29 is 31.1 Å². The van der Waals surface area contributed by atoms with E-state index in [1.54, 1.807) is 0 Å². The maximum absolute atomic E-state index is 13.8. The highest BCUT2D eigenvalue weighted by Gasteiger charge is 2.37. The van der Waals surface area contributed by atoms with Gasteiger partial charge in [0.05, 0.1) is 21.7 Å². The number of halogens is 7. The summed E-state index contributed by atoms with van der Waals surface area (Å²) in [5, 5.41) is 4.16. The van der Waals surface area contributed by atoms with E-state index in [2.05, 4.69) is 15.1 Å². The van der Waals surface area contributed by atoms with Gasteiger partial charge < -0.3 is 5.73 Å². The van der Waals surface area contributed by atoms with E-state index < -0.39 is 52.2 Å². The summed E-state index contributed by atoms with van der Waals surface area (Å²) in [4.78, 5) is 20.1. The largest absolute Gasteiger partial charge is 0.417 e. The van der Waals surface area contributed by atoms with Gasteiger partial charge in [0.2, 0.25) is 0 Å². The molecule has 0 aliphatic carbocycles. The van der Waals surface area contributed by atoms with Crippen LogP contribution in [0.2, 0.25) is 5.02 Å². The van der Waals surface area contributed by atoms with Crippen molar-refractivity contribution in [2.75, 3.05) is 0 Å². The Balaban J connectivity index is 2.03. The fraction of sp³-hybridized carbons (Fsp3) is 0.0833. The first-order valence-corrected chi connectivity index (χ1v) is 10.7. The normalized spacial score (nSPS) is 12.6. The number of pyridine rings is 1. The fourth-order valence-corrected chi connectivity index (χ4v) is 3.70. The number of aromatic nitrogens is 4. The summed E-state index contributed by atoms with van der Waals surface area (Å²) in [6.45, 7) is 0. The van der Waals surface area contributed by atoms with Crippen LogP contribution in [0.5, 0.6) is 0 Å². The number of carbonyl (C=O) groups excluding carboxylic acids is 1. The minimum atomic E-state index is -4.83. The Morgan fingerprint density at radius 1 is 0.892 bits per heavy atom. The van der Waals surface area contributed by atoms with Gasteiger partial charge in [-0.3, -0.25) is 9.78 Å². The SMILES string of the molecule is NC(=O)C(=Cn1nc(-c2ccccc2C(F)(F)F)nc1-c1ccccc1C(F)(F)F)c1cncc(Cl)c1. The van der Waals surface area contributed by atoms with Crippen LogP contribution in [0.25, 0.3) is 34.5 Å². The number of amides is 1. The molecule has 0 saturated carbocycles. The van der Waals surface area contributed by atoms with Crippen LogP contribution in [-0.4, -0.2) is 25.7 Å². The zero-order valence-corrected chi connectivity index (χ0v) is 19.1. The minimum absolute atomic E-state index is 0.0998. The Kier molecular flexibility index (Phi) is 6.78. The Bertz CT molecular complexity index is 1510. The van der Waals surface area contributed by atoms with E-state index in [0.717, 1.165) is 47.3 Å². The number of alkyl halides is 6. The highest BCUT2D eigenvalue weighted by Crippen LogP contribution is 2.39. The average molecular weight is 538 g/mol. The molecule has 2 N–H and O–H groups in total. The summed E-state index contributed by atoms with van der Waals surface area (Å²) < 4.78 is 83.1. The number of nitrogens with two attached hydrogens (primary N) is 1. The van der Waals surface area contributed by atoms with Crippen molar-refractivity contribution in [3.05, 3.63) is 88.7 Å². The van der Waals surface area contributed by atoms with Crippen molar-refractivity contribution in [3.63, 3.8) is 0 Å². The lowest BCUT2D eigenvalue weighted by Gasteiger charge is -2.12. The second-order valence-corrected chi connectivity index (χ2v) is 8.03. The predicted molar refractivity (Wildman–Crippen MR) is 124 cm³/mol. The van der Waals surface area contributed by atoms with Crippen molar-refractivity contribution in [2.45, 2.75) is 12.4 Å². The molecule has 4 aromatic rings. The van der Waals surface area contributed by atoms with Crippen molar-refractivity contribution in [1.29, 1.82) is 0 Å². The van der Waals surface area contributed by atoms with Crippen LogP contribution < -0.4 is 5.73 Å². The third kappa shape index (κ3) is 5.48. The molecule has 190 valence electrons.